The molecule has 5 nitrogen and oxygen atoms in total. The van der Waals surface area contributed by atoms with Gasteiger partial charge < -0.3 is 15.3 Å². The Morgan fingerprint density at radius 2 is 1.96 bits per heavy atom. The standard InChI is InChI=1S/C23H38O5/c1-2-13-23(14-8-15-23)21(26)11-7-10-18-17(19(24)16-20(18)25)9-5-3-4-6-12-22(27)28/h7,10,17-18,20-21,25-26H,2-6,8-9,11-16H2,1H3,(H,27,28)/b10-7+/t17-,18?,20-,21+/m1/s1. The van der Waals surface area contributed by atoms with E-state index in [1.165, 1.54) is 6.42 Å². The van der Waals surface area contributed by atoms with E-state index in [9.17, 15) is 19.8 Å². The highest BCUT2D eigenvalue weighted by Gasteiger charge is 2.42. The van der Waals surface area contributed by atoms with E-state index in [4.69, 9.17) is 5.11 Å². The first kappa shape index (κ1) is 23.1. The van der Waals surface area contributed by atoms with Crippen molar-refractivity contribution in [1.29, 1.82) is 0 Å². The Labute approximate surface area is 169 Å². The van der Waals surface area contributed by atoms with Crippen molar-refractivity contribution in [2.24, 2.45) is 17.3 Å². The molecule has 2 aliphatic rings. The number of ketones is 1. The number of Topliss-reactive ketones (excluding diaryl/α,β-unsaturated/α-hetero) is 1. The Morgan fingerprint density at radius 1 is 1.25 bits per heavy atom. The van der Waals surface area contributed by atoms with Gasteiger partial charge in [-0.1, -0.05) is 51.2 Å². The maximum Gasteiger partial charge on any atom is 0.303 e. The predicted molar refractivity (Wildman–Crippen MR) is 109 cm³/mol. The second-order valence-corrected chi connectivity index (χ2v) is 8.91. The van der Waals surface area contributed by atoms with Gasteiger partial charge in [-0.3, -0.25) is 9.59 Å². The minimum absolute atomic E-state index is 0.0819. The van der Waals surface area contributed by atoms with E-state index in [0.29, 0.717) is 12.8 Å². The van der Waals surface area contributed by atoms with Crippen molar-refractivity contribution in [3.8, 4) is 0 Å². The minimum Gasteiger partial charge on any atom is -0.481 e. The molecule has 1 unspecified atom stereocenters. The zero-order valence-corrected chi connectivity index (χ0v) is 17.3. The number of unbranched alkanes of at least 4 members (excludes halogenated alkanes) is 3. The largest absolute Gasteiger partial charge is 0.481 e. The SMILES string of the molecule is CCCC1([C@@H](O)C/C=C/C2[C@H](O)CC(=O)[C@@H]2CCCCCCC(=O)O)CCC1. The summed E-state index contributed by atoms with van der Waals surface area (Å²) in [5, 5.41) is 29.6. The lowest BCUT2D eigenvalue weighted by Crippen LogP contribution is -2.41. The van der Waals surface area contributed by atoms with Crippen molar-refractivity contribution in [3.05, 3.63) is 12.2 Å². The molecule has 0 aromatic rings. The van der Waals surface area contributed by atoms with Crippen molar-refractivity contribution >= 4 is 11.8 Å². The summed E-state index contributed by atoms with van der Waals surface area (Å²) >= 11 is 0. The lowest BCUT2D eigenvalue weighted by atomic mass is 9.62. The lowest BCUT2D eigenvalue weighted by molar-refractivity contribution is -0.137. The van der Waals surface area contributed by atoms with Crippen LogP contribution < -0.4 is 0 Å². The summed E-state index contributed by atoms with van der Waals surface area (Å²) in [7, 11) is 0. The van der Waals surface area contributed by atoms with Crippen LogP contribution in [0.25, 0.3) is 0 Å². The molecule has 2 saturated carbocycles. The van der Waals surface area contributed by atoms with Gasteiger partial charge in [-0.2, -0.15) is 0 Å². The van der Waals surface area contributed by atoms with Crippen molar-refractivity contribution in [2.45, 2.75) is 103 Å². The monoisotopic (exact) mass is 394 g/mol. The van der Waals surface area contributed by atoms with Gasteiger partial charge >= 0.3 is 5.97 Å². The summed E-state index contributed by atoms with van der Waals surface area (Å²) in [5.41, 5.74) is 0.0819. The molecule has 160 valence electrons. The quantitative estimate of drug-likeness (QED) is 0.320. The fourth-order valence-electron chi connectivity index (χ4n) is 5.08. The number of carboxylic acids is 1. The molecule has 0 spiro atoms. The van der Waals surface area contributed by atoms with Crippen LogP contribution in [-0.2, 0) is 9.59 Å². The first-order valence-corrected chi connectivity index (χ1v) is 11.2. The smallest absolute Gasteiger partial charge is 0.303 e. The van der Waals surface area contributed by atoms with Gasteiger partial charge in [-0.05, 0) is 43.9 Å². The first-order valence-electron chi connectivity index (χ1n) is 11.2. The number of carboxylic acid groups (broad SMARTS) is 1. The average Bonchev–Trinajstić information content (AvgIpc) is 2.87. The highest BCUT2D eigenvalue weighted by Crippen LogP contribution is 2.48. The molecule has 4 atom stereocenters. The molecule has 0 heterocycles. The highest BCUT2D eigenvalue weighted by atomic mass is 16.4. The molecular weight excluding hydrogens is 356 g/mol. The van der Waals surface area contributed by atoms with E-state index in [1.54, 1.807) is 0 Å². The van der Waals surface area contributed by atoms with Crippen LogP contribution in [0.15, 0.2) is 12.2 Å². The summed E-state index contributed by atoms with van der Waals surface area (Å²) < 4.78 is 0. The molecule has 2 aliphatic carbocycles. The first-order chi connectivity index (χ1) is 13.4. The second-order valence-electron chi connectivity index (χ2n) is 8.91. The van der Waals surface area contributed by atoms with E-state index in [0.717, 1.165) is 51.4 Å². The Morgan fingerprint density at radius 3 is 2.57 bits per heavy atom. The Bertz CT molecular complexity index is 537. The summed E-state index contributed by atoms with van der Waals surface area (Å²) in [6, 6.07) is 0. The third kappa shape index (κ3) is 6.15. The molecule has 0 aromatic heterocycles. The van der Waals surface area contributed by atoms with Gasteiger partial charge in [0.1, 0.15) is 5.78 Å². The van der Waals surface area contributed by atoms with Gasteiger partial charge in [0.15, 0.2) is 0 Å². The molecule has 0 aliphatic heterocycles. The topological polar surface area (TPSA) is 94.8 Å². The van der Waals surface area contributed by atoms with Gasteiger partial charge in [0.2, 0.25) is 0 Å². The van der Waals surface area contributed by atoms with Crippen LogP contribution in [0.5, 0.6) is 0 Å². The van der Waals surface area contributed by atoms with Crippen molar-refractivity contribution < 1.29 is 24.9 Å². The van der Waals surface area contributed by atoms with Crippen molar-refractivity contribution in [1.82, 2.24) is 0 Å². The zero-order valence-electron chi connectivity index (χ0n) is 17.3. The fourth-order valence-corrected chi connectivity index (χ4v) is 5.08. The number of hydrogen-bond donors (Lipinski definition) is 3. The van der Waals surface area contributed by atoms with E-state index in [-0.39, 0.29) is 42.0 Å². The summed E-state index contributed by atoms with van der Waals surface area (Å²) in [6.07, 6.45) is 13.7. The molecule has 28 heavy (non-hydrogen) atoms. The van der Waals surface area contributed by atoms with Crippen LogP contribution in [0.2, 0.25) is 0 Å². The molecule has 0 saturated heterocycles. The van der Waals surface area contributed by atoms with Gasteiger partial charge in [-0.25, -0.2) is 0 Å². The number of hydrogen-bond acceptors (Lipinski definition) is 4. The summed E-state index contributed by atoms with van der Waals surface area (Å²) in [6.45, 7) is 2.16. The van der Waals surface area contributed by atoms with Crippen LogP contribution in [0, 0.1) is 17.3 Å². The van der Waals surface area contributed by atoms with Crippen LogP contribution in [0.3, 0.4) is 0 Å². The van der Waals surface area contributed by atoms with E-state index < -0.39 is 12.1 Å². The van der Waals surface area contributed by atoms with Gasteiger partial charge in [-0.15, -0.1) is 0 Å². The zero-order chi connectivity index (χ0) is 20.6. The molecule has 3 N–H and O–H groups in total. The number of rotatable bonds is 13. The molecule has 0 bridgehead atoms. The van der Waals surface area contributed by atoms with Crippen molar-refractivity contribution in [2.75, 3.05) is 0 Å². The normalized spacial score (nSPS) is 27.8. The lowest BCUT2D eigenvalue weighted by Gasteiger charge is -2.45. The average molecular weight is 395 g/mol. The van der Waals surface area contributed by atoms with E-state index in [2.05, 4.69) is 6.92 Å². The fraction of sp³-hybridized carbons (Fsp3) is 0.826. The van der Waals surface area contributed by atoms with Crippen LogP contribution in [-0.4, -0.2) is 39.3 Å². The number of aliphatic hydroxyl groups is 2. The Balaban J connectivity index is 1.79. The predicted octanol–water partition coefficient (Wildman–Crippen LogP) is 4.26. The number of aliphatic hydroxyl groups excluding tert-OH is 2. The Kier molecular flexibility index (Phi) is 9.16. The number of aliphatic carboxylic acids is 1. The minimum atomic E-state index is -0.760. The maximum atomic E-state index is 12.3. The van der Waals surface area contributed by atoms with E-state index in [1.807, 2.05) is 12.2 Å². The van der Waals surface area contributed by atoms with Gasteiger partial charge in [0.25, 0.3) is 0 Å². The molecule has 5 heteroatoms. The number of carbonyl (C=O) groups is 2. The molecular formula is C23H38O5. The third-order valence-electron chi connectivity index (χ3n) is 6.91. The van der Waals surface area contributed by atoms with Crippen molar-refractivity contribution in [3.63, 3.8) is 0 Å². The molecule has 2 rings (SSSR count). The highest BCUT2D eigenvalue weighted by molar-refractivity contribution is 5.84. The third-order valence-corrected chi connectivity index (χ3v) is 6.91. The van der Waals surface area contributed by atoms with Crippen LogP contribution in [0.1, 0.15) is 90.4 Å². The second kappa shape index (κ2) is 11.1. The Hall–Kier alpha value is -1.20. The van der Waals surface area contributed by atoms with Crippen LogP contribution >= 0.6 is 0 Å². The van der Waals surface area contributed by atoms with E-state index >= 15 is 0 Å². The van der Waals surface area contributed by atoms with Crippen LogP contribution in [0.4, 0.5) is 0 Å². The molecule has 0 amide bonds. The van der Waals surface area contributed by atoms with Gasteiger partial charge in [0, 0.05) is 24.7 Å². The summed E-state index contributed by atoms with van der Waals surface area (Å²) in [4.78, 5) is 22.8. The maximum absolute atomic E-state index is 12.3. The molecule has 0 radical (unpaired) electrons. The molecule has 0 aromatic carbocycles. The molecule has 2 fully saturated rings. The summed E-state index contributed by atoms with van der Waals surface area (Å²) in [5.74, 6) is -0.919. The number of carbonyl (C=O) groups excluding carboxylic acids is 1. The van der Waals surface area contributed by atoms with Gasteiger partial charge in [0.05, 0.1) is 12.2 Å².